The molecule has 0 heterocycles. The summed E-state index contributed by atoms with van der Waals surface area (Å²) >= 11 is 12.0. The summed E-state index contributed by atoms with van der Waals surface area (Å²) in [6.45, 7) is -0.218. The molecule has 2 aromatic rings. The topological polar surface area (TPSA) is 72.5 Å². The zero-order valence-electron chi connectivity index (χ0n) is 12.0. The molecule has 0 radical (unpaired) electrons. The number of carbonyl (C=O) groups is 1. The number of hydrogen-bond donors (Lipinski definition) is 1. The van der Waals surface area contributed by atoms with Crippen molar-refractivity contribution in [1.82, 2.24) is 0 Å². The second-order valence-electron chi connectivity index (χ2n) is 4.51. The maximum atomic E-state index is 12.8. The Morgan fingerprint density at radius 1 is 1.17 bits per heavy atom. The highest BCUT2D eigenvalue weighted by Crippen LogP contribution is 2.36. The maximum Gasteiger partial charge on any atom is 0.325 e. The van der Waals surface area contributed by atoms with Gasteiger partial charge in [-0.3, -0.25) is 4.79 Å². The van der Waals surface area contributed by atoms with Crippen LogP contribution in [0.4, 0.5) is 5.69 Å². The van der Waals surface area contributed by atoms with Gasteiger partial charge in [0, 0.05) is 5.02 Å². The van der Waals surface area contributed by atoms with Gasteiger partial charge in [0.25, 0.3) is 0 Å². The lowest BCUT2D eigenvalue weighted by molar-refractivity contribution is -0.138. The van der Waals surface area contributed by atoms with Crippen LogP contribution in [0.3, 0.4) is 0 Å². The van der Waals surface area contributed by atoms with Gasteiger partial charge in [0.15, 0.2) is 0 Å². The number of hydrogen-bond acceptors (Lipinski definition) is 5. The molecule has 23 heavy (non-hydrogen) atoms. The van der Waals surface area contributed by atoms with Gasteiger partial charge in [0.05, 0.1) is 22.7 Å². The molecule has 122 valence electrons. The first-order valence-corrected chi connectivity index (χ1v) is 8.70. The van der Waals surface area contributed by atoms with Crippen LogP contribution in [-0.2, 0) is 19.4 Å². The Morgan fingerprint density at radius 2 is 1.83 bits per heavy atom. The molecule has 0 fully saturated rings. The monoisotopic (exact) mass is 373 g/mol. The Hall–Kier alpha value is -1.76. The lowest BCUT2D eigenvalue weighted by Crippen LogP contribution is -2.17. The van der Waals surface area contributed by atoms with Crippen molar-refractivity contribution in [2.45, 2.75) is 9.79 Å². The largest absolute Gasteiger partial charge is 0.468 e. The summed E-state index contributed by atoms with van der Waals surface area (Å²) in [5, 5.41) is 2.91. The van der Waals surface area contributed by atoms with Crippen LogP contribution in [0.2, 0.25) is 10.0 Å². The first-order chi connectivity index (χ1) is 10.9. The average molecular weight is 374 g/mol. The molecule has 1 N–H and O–H groups in total. The van der Waals surface area contributed by atoms with Crippen molar-refractivity contribution in [1.29, 1.82) is 0 Å². The van der Waals surface area contributed by atoms with Crippen molar-refractivity contribution < 1.29 is 17.9 Å². The van der Waals surface area contributed by atoms with Crippen LogP contribution < -0.4 is 5.32 Å². The second kappa shape index (κ2) is 7.21. The van der Waals surface area contributed by atoms with E-state index >= 15 is 0 Å². The number of rotatable bonds is 5. The molecule has 0 unspecified atom stereocenters. The molecule has 5 nitrogen and oxygen atoms in total. The van der Waals surface area contributed by atoms with Crippen LogP contribution in [-0.4, -0.2) is 28.0 Å². The molecule has 0 saturated carbocycles. The Morgan fingerprint density at radius 3 is 2.43 bits per heavy atom. The molecule has 2 aromatic carbocycles. The molecule has 0 saturated heterocycles. The van der Waals surface area contributed by atoms with Gasteiger partial charge in [-0.25, -0.2) is 8.42 Å². The molecule has 0 aromatic heterocycles. The van der Waals surface area contributed by atoms with Crippen molar-refractivity contribution in [3.63, 3.8) is 0 Å². The predicted octanol–water partition coefficient (Wildman–Crippen LogP) is 3.41. The number of anilines is 1. The van der Waals surface area contributed by atoms with E-state index in [9.17, 15) is 13.2 Å². The van der Waals surface area contributed by atoms with Crippen LogP contribution in [0.1, 0.15) is 0 Å². The molecular formula is C15H13Cl2NO4S. The first-order valence-electron chi connectivity index (χ1n) is 6.46. The Kier molecular flexibility index (Phi) is 5.51. The zero-order chi connectivity index (χ0) is 17.0. The van der Waals surface area contributed by atoms with E-state index in [2.05, 4.69) is 10.1 Å². The normalized spacial score (nSPS) is 11.1. The van der Waals surface area contributed by atoms with Gasteiger partial charge in [-0.2, -0.15) is 0 Å². The van der Waals surface area contributed by atoms with Crippen molar-refractivity contribution in [3.05, 3.63) is 52.5 Å². The maximum absolute atomic E-state index is 12.8. The lowest BCUT2D eigenvalue weighted by atomic mass is 10.3. The number of methoxy groups -OCH3 is 1. The number of benzene rings is 2. The number of esters is 1. The number of ether oxygens (including phenoxy) is 1. The van der Waals surface area contributed by atoms with E-state index in [1.807, 2.05) is 0 Å². The molecule has 0 atom stereocenters. The third-order valence-electron chi connectivity index (χ3n) is 2.98. The fourth-order valence-electron chi connectivity index (χ4n) is 1.92. The summed E-state index contributed by atoms with van der Waals surface area (Å²) < 4.78 is 30.2. The summed E-state index contributed by atoms with van der Waals surface area (Å²) in [5.74, 6) is -0.552. The molecule has 0 aliphatic carbocycles. The fourth-order valence-corrected chi connectivity index (χ4v) is 4.21. The van der Waals surface area contributed by atoms with E-state index in [4.69, 9.17) is 23.2 Å². The van der Waals surface area contributed by atoms with E-state index in [1.54, 1.807) is 18.2 Å². The van der Waals surface area contributed by atoms with Crippen molar-refractivity contribution >= 4 is 44.7 Å². The fraction of sp³-hybridized carbons (Fsp3) is 0.133. The lowest BCUT2D eigenvalue weighted by Gasteiger charge is -2.14. The van der Waals surface area contributed by atoms with E-state index < -0.39 is 15.8 Å². The zero-order valence-corrected chi connectivity index (χ0v) is 14.4. The average Bonchev–Trinajstić information content (AvgIpc) is 2.52. The van der Waals surface area contributed by atoms with E-state index in [1.165, 1.54) is 31.4 Å². The molecule has 2 rings (SSSR count). The predicted molar refractivity (Wildman–Crippen MR) is 88.9 cm³/mol. The Labute approximate surface area is 144 Å². The molecule has 0 bridgehead atoms. The third-order valence-corrected chi connectivity index (χ3v) is 5.48. The molecule has 0 amide bonds. The molecule has 0 aliphatic rings. The Bertz CT molecular complexity index is 823. The van der Waals surface area contributed by atoms with Gasteiger partial charge in [-0.05, 0) is 24.3 Å². The number of halogens is 2. The minimum atomic E-state index is -3.88. The minimum Gasteiger partial charge on any atom is -0.468 e. The van der Waals surface area contributed by atoms with Crippen molar-refractivity contribution in [3.8, 4) is 0 Å². The van der Waals surface area contributed by atoms with Crippen LogP contribution in [0.5, 0.6) is 0 Å². The number of carbonyl (C=O) groups excluding carboxylic acids is 1. The van der Waals surface area contributed by atoms with Gasteiger partial charge >= 0.3 is 5.97 Å². The quantitative estimate of drug-likeness (QED) is 0.812. The summed E-state index contributed by atoms with van der Waals surface area (Å²) in [7, 11) is -2.64. The Balaban J connectivity index is 2.55. The summed E-state index contributed by atoms with van der Waals surface area (Å²) in [5.41, 5.74) is 0.136. The highest BCUT2D eigenvalue weighted by molar-refractivity contribution is 7.91. The van der Waals surface area contributed by atoms with Crippen molar-refractivity contribution in [2.75, 3.05) is 19.0 Å². The van der Waals surface area contributed by atoms with Crippen LogP contribution in [0, 0.1) is 0 Å². The molecule has 0 spiro atoms. The molecular weight excluding hydrogens is 361 g/mol. The van der Waals surface area contributed by atoms with Crippen molar-refractivity contribution in [2.24, 2.45) is 0 Å². The van der Waals surface area contributed by atoms with E-state index in [0.717, 1.165) is 0 Å². The second-order valence-corrected chi connectivity index (χ2v) is 7.24. The van der Waals surface area contributed by atoms with Crippen LogP contribution in [0.25, 0.3) is 0 Å². The van der Waals surface area contributed by atoms with Gasteiger partial charge in [0.2, 0.25) is 9.84 Å². The standard InChI is InChI=1S/C15H13Cl2NO4S/c1-22-14(19)9-18-13-8-10(16)7-12(17)15(13)23(20,21)11-5-3-2-4-6-11/h2-8,18H,9H2,1H3. The van der Waals surface area contributed by atoms with Gasteiger partial charge in [-0.1, -0.05) is 41.4 Å². The number of sulfone groups is 1. The minimum absolute atomic E-state index is 0.0336. The summed E-state index contributed by atoms with van der Waals surface area (Å²) in [6.07, 6.45) is 0. The van der Waals surface area contributed by atoms with Gasteiger partial charge < -0.3 is 10.1 Å². The molecule has 0 aliphatic heterocycles. The van der Waals surface area contributed by atoms with Gasteiger partial charge in [0.1, 0.15) is 11.4 Å². The smallest absolute Gasteiger partial charge is 0.325 e. The van der Waals surface area contributed by atoms with Gasteiger partial charge in [-0.15, -0.1) is 0 Å². The first kappa shape index (κ1) is 17.6. The van der Waals surface area contributed by atoms with E-state index in [0.29, 0.717) is 0 Å². The van der Waals surface area contributed by atoms with Crippen LogP contribution in [0.15, 0.2) is 52.3 Å². The van der Waals surface area contributed by atoms with E-state index in [-0.39, 0.29) is 32.1 Å². The summed E-state index contributed by atoms with van der Waals surface area (Å²) in [6, 6.07) is 10.6. The van der Waals surface area contributed by atoms with Crippen LogP contribution >= 0.6 is 23.2 Å². The SMILES string of the molecule is COC(=O)CNc1cc(Cl)cc(Cl)c1S(=O)(=O)c1ccccc1. The summed E-state index contributed by atoms with van der Waals surface area (Å²) in [4.78, 5) is 11.2. The highest BCUT2D eigenvalue weighted by Gasteiger charge is 2.25. The third kappa shape index (κ3) is 3.96. The number of nitrogens with one attached hydrogen (secondary N) is 1. The highest BCUT2D eigenvalue weighted by atomic mass is 35.5. The molecule has 8 heteroatoms.